The van der Waals surface area contributed by atoms with E-state index < -0.39 is 0 Å². The first-order valence-corrected chi connectivity index (χ1v) is 8.53. The van der Waals surface area contributed by atoms with Crippen LogP contribution in [0.15, 0.2) is 0 Å². The Morgan fingerprint density at radius 1 is 0.762 bits per heavy atom. The molecule has 2 rings (SSSR count). The van der Waals surface area contributed by atoms with Gasteiger partial charge in [-0.05, 0) is 68.4 Å². The van der Waals surface area contributed by atoms with Gasteiger partial charge in [0.25, 0.3) is 0 Å². The molecule has 0 radical (unpaired) electrons. The van der Waals surface area contributed by atoms with Gasteiger partial charge in [-0.25, -0.2) is 0 Å². The number of ketones is 1. The minimum absolute atomic E-state index is 0.378. The SMILES string of the molecule is Cc1c(C)c(C)c(C(=O)CC2CCCCCC2)c(C)c1C. The van der Waals surface area contributed by atoms with Crippen molar-refractivity contribution in [1.29, 1.82) is 0 Å². The van der Waals surface area contributed by atoms with Crippen LogP contribution in [0.25, 0.3) is 0 Å². The first-order chi connectivity index (χ1) is 9.93. The molecule has 0 saturated heterocycles. The standard InChI is InChI=1S/C20H30O/c1-13-14(2)16(4)20(17(5)15(13)3)19(21)12-18-10-8-6-7-9-11-18/h18H,6-12H2,1-5H3. The van der Waals surface area contributed by atoms with E-state index in [2.05, 4.69) is 34.6 Å². The van der Waals surface area contributed by atoms with E-state index in [9.17, 15) is 4.79 Å². The maximum atomic E-state index is 12.9. The predicted octanol–water partition coefficient (Wildman–Crippen LogP) is 5.77. The lowest BCUT2D eigenvalue weighted by Gasteiger charge is -2.20. The Labute approximate surface area is 130 Å². The van der Waals surface area contributed by atoms with Gasteiger partial charge in [0.1, 0.15) is 0 Å². The minimum Gasteiger partial charge on any atom is -0.294 e. The molecule has 1 heteroatoms. The topological polar surface area (TPSA) is 17.1 Å². The first kappa shape index (κ1) is 16.3. The summed E-state index contributed by atoms with van der Waals surface area (Å²) in [6.45, 7) is 10.7. The van der Waals surface area contributed by atoms with Gasteiger partial charge in [0.05, 0.1) is 0 Å². The molecule has 21 heavy (non-hydrogen) atoms. The average Bonchev–Trinajstić information content (AvgIpc) is 2.72. The molecule has 0 N–H and O–H groups in total. The maximum Gasteiger partial charge on any atom is 0.163 e. The molecule has 0 bridgehead atoms. The molecule has 1 aromatic rings. The lowest BCUT2D eigenvalue weighted by molar-refractivity contribution is 0.0955. The number of hydrogen-bond acceptors (Lipinski definition) is 1. The number of hydrogen-bond donors (Lipinski definition) is 0. The minimum atomic E-state index is 0.378. The van der Waals surface area contributed by atoms with E-state index in [1.165, 1.54) is 66.3 Å². The summed E-state index contributed by atoms with van der Waals surface area (Å²) in [5, 5.41) is 0. The number of carbonyl (C=O) groups excluding carboxylic acids is 1. The largest absolute Gasteiger partial charge is 0.294 e. The number of benzene rings is 1. The lowest BCUT2D eigenvalue weighted by atomic mass is 9.84. The van der Waals surface area contributed by atoms with Gasteiger partial charge in [-0.15, -0.1) is 0 Å². The fourth-order valence-corrected chi connectivity index (χ4v) is 3.85. The second-order valence-electron chi connectivity index (χ2n) is 6.98. The summed E-state index contributed by atoms with van der Waals surface area (Å²) >= 11 is 0. The highest BCUT2D eigenvalue weighted by atomic mass is 16.1. The smallest absolute Gasteiger partial charge is 0.163 e. The highest BCUT2D eigenvalue weighted by Crippen LogP contribution is 2.31. The molecule has 0 aliphatic heterocycles. The van der Waals surface area contributed by atoms with Gasteiger partial charge in [0.2, 0.25) is 0 Å². The van der Waals surface area contributed by atoms with Gasteiger partial charge in [0.15, 0.2) is 5.78 Å². The van der Waals surface area contributed by atoms with Crippen LogP contribution in [-0.4, -0.2) is 5.78 Å². The summed E-state index contributed by atoms with van der Waals surface area (Å²) in [5.74, 6) is 0.990. The second-order valence-corrected chi connectivity index (χ2v) is 6.98. The number of carbonyl (C=O) groups is 1. The average molecular weight is 286 g/mol. The fraction of sp³-hybridized carbons (Fsp3) is 0.650. The van der Waals surface area contributed by atoms with Crippen LogP contribution in [0.3, 0.4) is 0 Å². The third kappa shape index (κ3) is 3.39. The molecule has 1 aromatic carbocycles. The van der Waals surface area contributed by atoms with E-state index in [-0.39, 0.29) is 0 Å². The maximum absolute atomic E-state index is 12.9. The molecular formula is C20H30O. The molecule has 1 aliphatic carbocycles. The highest BCUT2D eigenvalue weighted by Gasteiger charge is 2.22. The molecule has 1 aliphatic rings. The van der Waals surface area contributed by atoms with Crippen molar-refractivity contribution in [3.05, 3.63) is 33.4 Å². The Hall–Kier alpha value is -1.11. The van der Waals surface area contributed by atoms with Crippen molar-refractivity contribution in [2.24, 2.45) is 5.92 Å². The first-order valence-electron chi connectivity index (χ1n) is 8.53. The van der Waals surface area contributed by atoms with E-state index in [0.717, 1.165) is 12.0 Å². The zero-order valence-electron chi connectivity index (χ0n) is 14.4. The van der Waals surface area contributed by atoms with Crippen LogP contribution < -0.4 is 0 Å². The van der Waals surface area contributed by atoms with Gasteiger partial charge < -0.3 is 0 Å². The summed E-state index contributed by atoms with van der Waals surface area (Å²) < 4.78 is 0. The molecule has 0 aromatic heterocycles. The molecule has 0 heterocycles. The van der Waals surface area contributed by atoms with Crippen molar-refractivity contribution in [2.45, 2.75) is 79.6 Å². The van der Waals surface area contributed by atoms with E-state index in [1.54, 1.807) is 0 Å². The van der Waals surface area contributed by atoms with Crippen molar-refractivity contribution < 1.29 is 4.79 Å². The summed E-state index contributed by atoms with van der Waals surface area (Å²) in [6, 6.07) is 0. The lowest BCUT2D eigenvalue weighted by Crippen LogP contribution is -2.13. The van der Waals surface area contributed by atoms with Crippen molar-refractivity contribution in [2.75, 3.05) is 0 Å². The zero-order chi connectivity index (χ0) is 15.6. The molecule has 0 amide bonds. The number of rotatable bonds is 3. The second kappa shape index (κ2) is 6.77. The summed E-state index contributed by atoms with van der Waals surface area (Å²) in [5.41, 5.74) is 7.35. The van der Waals surface area contributed by atoms with Gasteiger partial charge in [-0.1, -0.05) is 38.5 Å². The Kier molecular flexibility index (Phi) is 5.24. The summed E-state index contributed by atoms with van der Waals surface area (Å²) in [6.07, 6.45) is 8.56. The molecule has 1 saturated carbocycles. The summed E-state index contributed by atoms with van der Waals surface area (Å²) in [4.78, 5) is 12.9. The van der Waals surface area contributed by atoms with E-state index in [0.29, 0.717) is 11.7 Å². The molecule has 0 unspecified atom stereocenters. The zero-order valence-corrected chi connectivity index (χ0v) is 14.4. The molecule has 1 nitrogen and oxygen atoms in total. The van der Waals surface area contributed by atoms with Crippen LogP contribution in [0, 0.1) is 40.5 Å². The van der Waals surface area contributed by atoms with E-state index >= 15 is 0 Å². The normalized spacial score (nSPS) is 16.8. The van der Waals surface area contributed by atoms with Crippen molar-refractivity contribution in [1.82, 2.24) is 0 Å². The third-order valence-corrected chi connectivity index (χ3v) is 5.73. The monoisotopic (exact) mass is 286 g/mol. The Morgan fingerprint density at radius 2 is 1.19 bits per heavy atom. The number of Topliss-reactive ketones (excluding diaryl/α,β-unsaturated/α-hetero) is 1. The molecule has 0 spiro atoms. The van der Waals surface area contributed by atoms with Gasteiger partial charge in [0, 0.05) is 12.0 Å². The Bertz CT molecular complexity index is 502. The van der Waals surface area contributed by atoms with E-state index in [1.807, 2.05) is 0 Å². The van der Waals surface area contributed by atoms with Crippen LogP contribution in [0.5, 0.6) is 0 Å². The van der Waals surface area contributed by atoms with Crippen LogP contribution in [-0.2, 0) is 0 Å². The molecule has 0 atom stereocenters. The molecule has 116 valence electrons. The molecule has 1 fully saturated rings. The van der Waals surface area contributed by atoms with Crippen molar-refractivity contribution in [3.8, 4) is 0 Å². The van der Waals surface area contributed by atoms with Crippen LogP contribution in [0.1, 0.15) is 83.1 Å². The van der Waals surface area contributed by atoms with Crippen LogP contribution in [0.2, 0.25) is 0 Å². The quantitative estimate of drug-likeness (QED) is 0.509. The Morgan fingerprint density at radius 3 is 1.67 bits per heavy atom. The van der Waals surface area contributed by atoms with E-state index in [4.69, 9.17) is 0 Å². The van der Waals surface area contributed by atoms with Crippen molar-refractivity contribution >= 4 is 5.78 Å². The van der Waals surface area contributed by atoms with Gasteiger partial charge >= 0.3 is 0 Å². The summed E-state index contributed by atoms with van der Waals surface area (Å²) in [7, 11) is 0. The highest BCUT2D eigenvalue weighted by molar-refractivity contribution is 5.99. The predicted molar refractivity (Wildman–Crippen MR) is 90.3 cm³/mol. The van der Waals surface area contributed by atoms with Gasteiger partial charge in [-0.3, -0.25) is 4.79 Å². The third-order valence-electron chi connectivity index (χ3n) is 5.73. The molecular weight excluding hydrogens is 256 g/mol. The van der Waals surface area contributed by atoms with Crippen LogP contribution >= 0.6 is 0 Å². The fourth-order valence-electron chi connectivity index (χ4n) is 3.85. The van der Waals surface area contributed by atoms with Crippen molar-refractivity contribution in [3.63, 3.8) is 0 Å². The van der Waals surface area contributed by atoms with Crippen LogP contribution in [0.4, 0.5) is 0 Å². The van der Waals surface area contributed by atoms with Gasteiger partial charge in [-0.2, -0.15) is 0 Å². The Balaban J connectivity index is 2.27.